The number of pyridine rings is 1. The van der Waals surface area contributed by atoms with Gasteiger partial charge in [0.25, 0.3) is 0 Å². The van der Waals surface area contributed by atoms with Crippen molar-refractivity contribution in [2.75, 3.05) is 5.75 Å². The summed E-state index contributed by atoms with van der Waals surface area (Å²) in [4.78, 5) is 15.6. The summed E-state index contributed by atoms with van der Waals surface area (Å²) < 4.78 is 5.91. The first-order valence-corrected chi connectivity index (χ1v) is 7.69. The molecule has 1 N–H and O–H groups in total. The number of carboxylic acids is 1. The lowest BCUT2D eigenvalue weighted by molar-refractivity contribution is 0.0690. The number of hydrogen-bond donors (Lipinski definition) is 1. The van der Waals surface area contributed by atoms with Crippen molar-refractivity contribution in [3.8, 4) is 5.75 Å². The van der Waals surface area contributed by atoms with Gasteiger partial charge in [0.1, 0.15) is 17.5 Å². The van der Waals surface area contributed by atoms with Gasteiger partial charge in [-0.15, -0.1) is 11.8 Å². The van der Waals surface area contributed by atoms with E-state index < -0.39 is 5.97 Å². The smallest absolute Gasteiger partial charge is 0.354 e. The molecule has 0 bridgehead atoms. The highest BCUT2D eigenvalue weighted by molar-refractivity contribution is 7.99. The van der Waals surface area contributed by atoms with Crippen LogP contribution in [0.4, 0.5) is 0 Å². The van der Waals surface area contributed by atoms with Crippen molar-refractivity contribution >= 4 is 17.7 Å². The van der Waals surface area contributed by atoms with Gasteiger partial charge >= 0.3 is 5.97 Å². The molecule has 21 heavy (non-hydrogen) atoms. The van der Waals surface area contributed by atoms with E-state index in [4.69, 9.17) is 9.84 Å². The number of carboxylic acid groups (broad SMARTS) is 1. The molecule has 0 aliphatic carbocycles. The molecule has 0 spiro atoms. The Balaban J connectivity index is 1.62. The van der Waals surface area contributed by atoms with E-state index in [1.807, 2.05) is 12.1 Å². The van der Waals surface area contributed by atoms with Gasteiger partial charge in [-0.2, -0.15) is 0 Å². The molecular weight excluding hydrogens is 286 g/mol. The van der Waals surface area contributed by atoms with E-state index >= 15 is 0 Å². The SMILES string of the molecule is Cc1ccc2c(c1)CC(CSc1ccnc(C(=O)O)c1)O2. The summed E-state index contributed by atoms with van der Waals surface area (Å²) in [5.41, 5.74) is 2.57. The average molecular weight is 301 g/mol. The minimum absolute atomic E-state index is 0.0752. The topological polar surface area (TPSA) is 59.4 Å². The van der Waals surface area contributed by atoms with Crippen LogP contribution in [-0.2, 0) is 6.42 Å². The van der Waals surface area contributed by atoms with Crippen molar-refractivity contribution in [3.05, 3.63) is 53.3 Å². The molecule has 5 heteroatoms. The molecule has 2 aromatic rings. The van der Waals surface area contributed by atoms with Gasteiger partial charge < -0.3 is 9.84 Å². The van der Waals surface area contributed by atoms with Crippen LogP contribution in [0.3, 0.4) is 0 Å². The van der Waals surface area contributed by atoms with Crippen molar-refractivity contribution < 1.29 is 14.6 Å². The van der Waals surface area contributed by atoms with Crippen molar-refractivity contribution in [2.24, 2.45) is 0 Å². The van der Waals surface area contributed by atoms with E-state index in [1.165, 1.54) is 17.3 Å². The van der Waals surface area contributed by atoms with E-state index in [0.717, 1.165) is 22.8 Å². The molecule has 1 unspecified atom stereocenters. The van der Waals surface area contributed by atoms with Crippen LogP contribution in [0.5, 0.6) is 5.75 Å². The third-order valence-electron chi connectivity index (χ3n) is 3.34. The van der Waals surface area contributed by atoms with Crippen LogP contribution in [0.25, 0.3) is 0 Å². The molecule has 0 amide bonds. The number of carbonyl (C=O) groups is 1. The monoisotopic (exact) mass is 301 g/mol. The Morgan fingerprint density at radius 1 is 1.43 bits per heavy atom. The van der Waals surface area contributed by atoms with E-state index in [9.17, 15) is 4.79 Å². The molecule has 0 saturated heterocycles. The lowest BCUT2D eigenvalue weighted by atomic mass is 10.1. The first kappa shape index (κ1) is 13.9. The maximum absolute atomic E-state index is 10.9. The quantitative estimate of drug-likeness (QED) is 0.879. The van der Waals surface area contributed by atoms with Gasteiger partial charge in [-0.05, 0) is 30.7 Å². The molecule has 1 aliphatic rings. The molecule has 1 atom stereocenters. The van der Waals surface area contributed by atoms with Crippen LogP contribution in [0.15, 0.2) is 41.4 Å². The summed E-state index contributed by atoms with van der Waals surface area (Å²) in [5.74, 6) is 0.751. The second kappa shape index (κ2) is 5.77. The van der Waals surface area contributed by atoms with Gasteiger partial charge in [0, 0.05) is 23.3 Å². The number of hydrogen-bond acceptors (Lipinski definition) is 4. The second-order valence-electron chi connectivity index (χ2n) is 5.05. The first-order valence-electron chi connectivity index (χ1n) is 6.70. The van der Waals surface area contributed by atoms with E-state index in [2.05, 4.69) is 24.0 Å². The van der Waals surface area contributed by atoms with Crippen molar-refractivity contribution in [3.63, 3.8) is 0 Å². The Morgan fingerprint density at radius 2 is 2.29 bits per heavy atom. The van der Waals surface area contributed by atoms with E-state index in [0.29, 0.717) is 0 Å². The number of aromatic carboxylic acids is 1. The maximum Gasteiger partial charge on any atom is 0.354 e. The van der Waals surface area contributed by atoms with E-state index in [-0.39, 0.29) is 11.8 Å². The third kappa shape index (κ3) is 3.19. The number of fused-ring (bicyclic) bond motifs is 1. The molecule has 4 nitrogen and oxygen atoms in total. The number of rotatable bonds is 4. The number of nitrogens with zero attached hydrogens (tertiary/aromatic N) is 1. The average Bonchev–Trinajstić information content (AvgIpc) is 2.87. The van der Waals surface area contributed by atoms with Gasteiger partial charge in [0.15, 0.2) is 0 Å². The Labute approximate surface area is 127 Å². The highest BCUT2D eigenvalue weighted by atomic mass is 32.2. The van der Waals surface area contributed by atoms with Crippen LogP contribution >= 0.6 is 11.8 Å². The third-order valence-corrected chi connectivity index (χ3v) is 4.47. The highest BCUT2D eigenvalue weighted by Crippen LogP contribution is 2.32. The molecule has 1 aromatic heterocycles. The van der Waals surface area contributed by atoms with Gasteiger partial charge in [-0.1, -0.05) is 17.7 Å². The summed E-state index contributed by atoms with van der Waals surface area (Å²) in [6, 6.07) is 9.65. The van der Waals surface area contributed by atoms with Gasteiger partial charge in [0.2, 0.25) is 0 Å². The molecule has 1 aromatic carbocycles. The molecule has 3 rings (SSSR count). The zero-order chi connectivity index (χ0) is 14.8. The maximum atomic E-state index is 10.9. The highest BCUT2D eigenvalue weighted by Gasteiger charge is 2.22. The fourth-order valence-corrected chi connectivity index (χ4v) is 3.27. The summed E-state index contributed by atoms with van der Waals surface area (Å²) in [7, 11) is 0. The fraction of sp³-hybridized carbons (Fsp3) is 0.250. The predicted octanol–water partition coefficient (Wildman–Crippen LogP) is 3.18. The molecular formula is C16H15NO3S. The zero-order valence-corrected chi connectivity index (χ0v) is 12.4. The lowest BCUT2D eigenvalue weighted by Gasteiger charge is -2.10. The van der Waals surface area contributed by atoms with Gasteiger partial charge in [-0.25, -0.2) is 9.78 Å². The molecule has 0 saturated carbocycles. The normalized spacial score (nSPS) is 16.3. The van der Waals surface area contributed by atoms with Gasteiger partial charge in [-0.3, -0.25) is 0 Å². The van der Waals surface area contributed by atoms with Gasteiger partial charge in [0.05, 0.1) is 0 Å². The van der Waals surface area contributed by atoms with Crippen LogP contribution < -0.4 is 4.74 Å². The first-order chi connectivity index (χ1) is 10.1. The predicted molar refractivity (Wildman–Crippen MR) is 81.2 cm³/mol. The summed E-state index contributed by atoms with van der Waals surface area (Å²) in [5, 5.41) is 8.94. The van der Waals surface area contributed by atoms with Crippen molar-refractivity contribution in [1.29, 1.82) is 0 Å². The van der Waals surface area contributed by atoms with Crippen LogP contribution in [0, 0.1) is 6.92 Å². The second-order valence-corrected chi connectivity index (χ2v) is 6.14. The Hall–Kier alpha value is -2.01. The summed E-state index contributed by atoms with van der Waals surface area (Å²) in [6.45, 7) is 2.08. The fourth-order valence-electron chi connectivity index (χ4n) is 2.35. The Kier molecular flexibility index (Phi) is 3.84. The van der Waals surface area contributed by atoms with Crippen LogP contribution in [0.2, 0.25) is 0 Å². The number of aryl methyl sites for hydroxylation is 1. The van der Waals surface area contributed by atoms with Crippen molar-refractivity contribution in [1.82, 2.24) is 4.98 Å². The number of ether oxygens (including phenoxy) is 1. The van der Waals surface area contributed by atoms with Crippen LogP contribution in [0.1, 0.15) is 21.6 Å². The minimum Gasteiger partial charge on any atom is -0.489 e. The number of aromatic nitrogens is 1. The minimum atomic E-state index is -1.00. The van der Waals surface area contributed by atoms with Crippen LogP contribution in [-0.4, -0.2) is 27.9 Å². The molecule has 0 fully saturated rings. The summed E-state index contributed by atoms with van der Waals surface area (Å²) >= 11 is 1.60. The van der Waals surface area contributed by atoms with Crippen molar-refractivity contribution in [2.45, 2.75) is 24.3 Å². The summed E-state index contributed by atoms with van der Waals surface area (Å²) in [6.07, 6.45) is 2.56. The Morgan fingerprint density at radius 3 is 3.10 bits per heavy atom. The number of thioether (sulfide) groups is 1. The Bertz CT molecular complexity index is 687. The standard InChI is InChI=1S/C16H15NO3S/c1-10-2-3-15-11(6-10)7-12(20-15)9-21-13-4-5-17-14(8-13)16(18)19/h2-6,8,12H,7,9H2,1H3,(H,18,19). The largest absolute Gasteiger partial charge is 0.489 e. The molecule has 108 valence electrons. The molecule has 0 radical (unpaired) electrons. The number of benzene rings is 1. The zero-order valence-electron chi connectivity index (χ0n) is 11.6. The lowest BCUT2D eigenvalue weighted by Crippen LogP contribution is -2.15. The van der Waals surface area contributed by atoms with E-state index in [1.54, 1.807) is 17.8 Å². The molecule has 1 aliphatic heterocycles. The molecule has 2 heterocycles.